The smallest absolute Gasteiger partial charge is 0.435 e. The quantitative estimate of drug-likeness (QED) is 0.177. The van der Waals surface area contributed by atoms with Crippen molar-refractivity contribution in [2.75, 3.05) is 6.79 Å². The van der Waals surface area contributed by atoms with Gasteiger partial charge in [-0.3, -0.25) is 9.69 Å². The zero-order valence-electron chi connectivity index (χ0n) is 23.1. The third-order valence-electron chi connectivity index (χ3n) is 7.09. The van der Waals surface area contributed by atoms with Gasteiger partial charge in [0.1, 0.15) is 5.82 Å². The Balaban J connectivity index is 1.56. The van der Waals surface area contributed by atoms with Crippen LogP contribution in [0, 0.1) is 0 Å². The van der Waals surface area contributed by atoms with Crippen LogP contribution < -0.4 is 9.47 Å². The highest BCUT2D eigenvalue weighted by Crippen LogP contribution is 2.37. The first-order valence-corrected chi connectivity index (χ1v) is 13.7. The van der Waals surface area contributed by atoms with Crippen molar-refractivity contribution in [1.82, 2.24) is 14.5 Å². The molecule has 4 aromatic rings. The van der Waals surface area contributed by atoms with Crippen LogP contribution in [-0.2, 0) is 32.4 Å². The standard InChI is InChI=1S/C32H32F3N3O3/c1-3-4-16-38-27(30(32(33,34)35)36-31(38)26-8-6-5-7-9-26)20-37(18-23-10-13-25(14-11-23)22(2)39)19-24-12-15-28-29(17-24)41-21-40-28/h5-15,17H,3-4,16,18-21H2,1-2H3. The van der Waals surface area contributed by atoms with Gasteiger partial charge in [0.05, 0.1) is 5.69 Å². The van der Waals surface area contributed by atoms with Gasteiger partial charge in [-0.05, 0) is 36.6 Å². The Kier molecular flexibility index (Phi) is 8.44. The molecule has 0 amide bonds. The summed E-state index contributed by atoms with van der Waals surface area (Å²) < 4.78 is 56.2. The van der Waals surface area contributed by atoms with Crippen LogP contribution in [0.15, 0.2) is 72.8 Å². The molecule has 0 unspecified atom stereocenters. The first-order chi connectivity index (χ1) is 19.7. The Morgan fingerprint density at radius 2 is 1.61 bits per heavy atom. The topological polar surface area (TPSA) is 56.6 Å². The van der Waals surface area contributed by atoms with Gasteiger partial charge in [-0.2, -0.15) is 13.2 Å². The first-order valence-electron chi connectivity index (χ1n) is 13.7. The van der Waals surface area contributed by atoms with Gasteiger partial charge in [-0.25, -0.2) is 4.98 Å². The van der Waals surface area contributed by atoms with E-state index in [0.717, 1.165) is 24.0 Å². The van der Waals surface area contributed by atoms with Crippen molar-refractivity contribution < 1.29 is 27.4 Å². The molecule has 0 radical (unpaired) electrons. The van der Waals surface area contributed by atoms with E-state index in [1.807, 2.05) is 48.2 Å². The number of aromatic nitrogens is 2. The molecule has 5 rings (SSSR count). The Bertz CT molecular complexity index is 1500. The molecule has 0 N–H and O–H groups in total. The third-order valence-corrected chi connectivity index (χ3v) is 7.09. The van der Waals surface area contributed by atoms with Gasteiger partial charge in [0.2, 0.25) is 6.79 Å². The predicted molar refractivity (Wildman–Crippen MR) is 150 cm³/mol. The van der Waals surface area contributed by atoms with E-state index in [-0.39, 0.29) is 24.8 Å². The number of imidazole rings is 1. The summed E-state index contributed by atoms with van der Waals surface area (Å²) in [5, 5.41) is 0. The minimum atomic E-state index is -4.62. The number of carbonyl (C=O) groups excluding carboxylic acids is 1. The fourth-order valence-corrected chi connectivity index (χ4v) is 5.02. The van der Waals surface area contributed by atoms with E-state index < -0.39 is 11.9 Å². The van der Waals surface area contributed by atoms with E-state index in [9.17, 15) is 18.0 Å². The number of alkyl halides is 3. The van der Waals surface area contributed by atoms with Crippen LogP contribution in [0.5, 0.6) is 11.5 Å². The summed E-state index contributed by atoms with van der Waals surface area (Å²) in [7, 11) is 0. The molecular formula is C32H32F3N3O3. The van der Waals surface area contributed by atoms with Crippen molar-refractivity contribution in [3.63, 3.8) is 0 Å². The number of ketones is 1. The van der Waals surface area contributed by atoms with Gasteiger partial charge in [-0.15, -0.1) is 0 Å². The van der Waals surface area contributed by atoms with Crippen LogP contribution >= 0.6 is 0 Å². The summed E-state index contributed by atoms with van der Waals surface area (Å²) in [6.07, 6.45) is -3.07. The lowest BCUT2D eigenvalue weighted by Crippen LogP contribution is -2.26. The molecule has 0 bridgehead atoms. The lowest BCUT2D eigenvalue weighted by atomic mass is 10.1. The van der Waals surface area contributed by atoms with Crippen molar-refractivity contribution in [1.29, 1.82) is 0 Å². The van der Waals surface area contributed by atoms with Crippen LogP contribution in [0.3, 0.4) is 0 Å². The summed E-state index contributed by atoms with van der Waals surface area (Å²) in [5.74, 6) is 1.53. The molecule has 1 aromatic heterocycles. The molecule has 6 nitrogen and oxygen atoms in total. The number of rotatable bonds is 11. The fraction of sp³-hybridized carbons (Fsp3) is 0.312. The van der Waals surface area contributed by atoms with Crippen molar-refractivity contribution >= 4 is 5.78 Å². The highest BCUT2D eigenvalue weighted by molar-refractivity contribution is 5.94. The molecule has 41 heavy (non-hydrogen) atoms. The molecule has 0 aliphatic carbocycles. The zero-order valence-corrected chi connectivity index (χ0v) is 23.1. The van der Waals surface area contributed by atoms with Gasteiger partial charge < -0.3 is 14.0 Å². The van der Waals surface area contributed by atoms with E-state index in [2.05, 4.69) is 4.98 Å². The normalized spacial score (nSPS) is 12.7. The summed E-state index contributed by atoms with van der Waals surface area (Å²) in [6.45, 7) is 4.82. The van der Waals surface area contributed by atoms with Gasteiger partial charge in [0.15, 0.2) is 23.0 Å². The van der Waals surface area contributed by atoms with Crippen LogP contribution in [0.25, 0.3) is 11.4 Å². The molecule has 2 heterocycles. The average Bonchev–Trinajstić information content (AvgIpc) is 3.57. The number of hydrogen-bond donors (Lipinski definition) is 0. The number of ether oxygens (including phenoxy) is 2. The number of nitrogens with zero attached hydrogens (tertiary/aromatic N) is 3. The molecule has 0 atom stereocenters. The molecule has 1 aliphatic rings. The molecule has 1 aliphatic heterocycles. The third kappa shape index (κ3) is 6.62. The molecule has 0 saturated carbocycles. The van der Waals surface area contributed by atoms with Gasteiger partial charge in [0.25, 0.3) is 0 Å². The fourth-order valence-electron chi connectivity index (χ4n) is 5.02. The Morgan fingerprint density at radius 3 is 2.29 bits per heavy atom. The summed E-state index contributed by atoms with van der Waals surface area (Å²) in [6, 6.07) is 21.8. The second-order valence-electron chi connectivity index (χ2n) is 10.2. The number of fused-ring (bicyclic) bond motifs is 1. The average molecular weight is 564 g/mol. The van der Waals surface area contributed by atoms with Crippen LogP contribution in [0.1, 0.15) is 59.6 Å². The van der Waals surface area contributed by atoms with Gasteiger partial charge >= 0.3 is 6.18 Å². The van der Waals surface area contributed by atoms with E-state index in [1.165, 1.54) is 6.92 Å². The van der Waals surface area contributed by atoms with Gasteiger partial charge in [0, 0.05) is 37.3 Å². The summed E-state index contributed by atoms with van der Waals surface area (Å²) >= 11 is 0. The second kappa shape index (κ2) is 12.2. The number of unbranched alkanes of at least 4 members (excludes halogenated alkanes) is 1. The Labute approximate surface area is 237 Å². The van der Waals surface area contributed by atoms with Crippen LogP contribution in [-0.4, -0.2) is 27.0 Å². The van der Waals surface area contributed by atoms with E-state index in [1.54, 1.807) is 41.0 Å². The second-order valence-corrected chi connectivity index (χ2v) is 10.2. The minimum absolute atomic E-state index is 0.0152. The highest BCUT2D eigenvalue weighted by Gasteiger charge is 2.39. The van der Waals surface area contributed by atoms with Crippen LogP contribution in [0.4, 0.5) is 13.2 Å². The lowest BCUT2D eigenvalue weighted by molar-refractivity contribution is -0.141. The summed E-state index contributed by atoms with van der Waals surface area (Å²) in [4.78, 5) is 17.9. The minimum Gasteiger partial charge on any atom is -0.454 e. The monoisotopic (exact) mass is 563 g/mol. The Hall–Kier alpha value is -4.11. The van der Waals surface area contributed by atoms with Crippen molar-refractivity contribution in [2.45, 2.75) is 59.0 Å². The molecule has 214 valence electrons. The molecule has 0 saturated heterocycles. The number of carbonyl (C=O) groups is 1. The Morgan fingerprint density at radius 1 is 0.927 bits per heavy atom. The number of Topliss-reactive ketones (excluding diaryl/α,β-unsaturated/α-hetero) is 1. The van der Waals surface area contributed by atoms with Crippen molar-refractivity contribution in [3.05, 3.63) is 101 Å². The van der Waals surface area contributed by atoms with Crippen molar-refractivity contribution in [2.24, 2.45) is 0 Å². The SMILES string of the molecule is CCCCn1c(-c2ccccc2)nc(C(F)(F)F)c1CN(Cc1ccc(C(C)=O)cc1)Cc1ccc2c(c1)OCO2. The maximum Gasteiger partial charge on any atom is 0.435 e. The molecule has 3 aromatic carbocycles. The molecular weight excluding hydrogens is 531 g/mol. The number of hydrogen-bond acceptors (Lipinski definition) is 5. The highest BCUT2D eigenvalue weighted by atomic mass is 19.4. The summed E-state index contributed by atoms with van der Waals surface area (Å²) in [5.41, 5.74) is 2.25. The van der Waals surface area contributed by atoms with E-state index in [0.29, 0.717) is 48.1 Å². The first kappa shape index (κ1) is 28.4. The molecule has 0 spiro atoms. The van der Waals surface area contributed by atoms with Crippen molar-refractivity contribution in [3.8, 4) is 22.9 Å². The van der Waals surface area contributed by atoms with E-state index in [4.69, 9.17) is 9.47 Å². The van der Waals surface area contributed by atoms with Crippen LogP contribution in [0.2, 0.25) is 0 Å². The van der Waals surface area contributed by atoms with Gasteiger partial charge in [-0.1, -0.05) is 74.0 Å². The largest absolute Gasteiger partial charge is 0.454 e. The molecule has 0 fully saturated rings. The molecule has 9 heteroatoms. The zero-order chi connectivity index (χ0) is 29.0. The number of benzene rings is 3. The number of halogens is 3. The maximum atomic E-state index is 14.5. The predicted octanol–water partition coefficient (Wildman–Crippen LogP) is 7.50. The maximum absolute atomic E-state index is 14.5. The van der Waals surface area contributed by atoms with E-state index >= 15 is 0 Å². The lowest BCUT2D eigenvalue weighted by Gasteiger charge is -2.25.